The quantitative estimate of drug-likeness (QED) is 0.926. The maximum Gasteiger partial charge on any atom is 0.255 e. The molecule has 0 aliphatic carbocycles. The molecule has 136 valence electrons. The molecule has 2 aliphatic rings. The average molecular weight is 350 g/mol. The van der Waals surface area contributed by atoms with E-state index in [0.29, 0.717) is 12.4 Å². The zero-order valence-corrected chi connectivity index (χ0v) is 15.6. The molecule has 4 rings (SSSR count). The highest BCUT2D eigenvalue weighted by atomic mass is 16.1. The molecule has 1 aromatic heterocycles. The number of H-pyrrole nitrogens is 1. The van der Waals surface area contributed by atoms with Crippen molar-refractivity contribution in [3.63, 3.8) is 0 Å². The van der Waals surface area contributed by atoms with Crippen molar-refractivity contribution in [2.24, 2.45) is 4.99 Å². The van der Waals surface area contributed by atoms with Gasteiger partial charge in [0.15, 0.2) is 5.82 Å². The molecule has 0 fully saturated rings. The number of benzene rings is 1. The van der Waals surface area contributed by atoms with Crippen molar-refractivity contribution in [2.45, 2.75) is 52.6 Å². The Morgan fingerprint density at radius 1 is 1.15 bits per heavy atom. The fraction of sp³-hybridized carbons (Fsp3) is 0.476. The molecule has 1 N–H and O–H groups in total. The van der Waals surface area contributed by atoms with Crippen LogP contribution in [-0.4, -0.2) is 33.7 Å². The molecule has 0 atom stereocenters. The molecule has 5 heteroatoms. The Bertz CT molecular complexity index is 892. The van der Waals surface area contributed by atoms with Crippen LogP contribution in [-0.2, 0) is 19.5 Å². The molecule has 3 heterocycles. The molecule has 0 amide bonds. The highest BCUT2D eigenvalue weighted by Gasteiger charge is 2.23. The van der Waals surface area contributed by atoms with Crippen LogP contribution in [0.2, 0.25) is 0 Å². The SMILES string of the molecule is Cc1cccc(C)c1CN1CCc2nc(C3=NCCCC3)[nH]c(=O)c2C1. The summed E-state index contributed by atoms with van der Waals surface area (Å²) in [6.45, 7) is 7.64. The highest BCUT2D eigenvalue weighted by Crippen LogP contribution is 2.21. The third kappa shape index (κ3) is 3.36. The van der Waals surface area contributed by atoms with Gasteiger partial charge in [-0.15, -0.1) is 0 Å². The molecule has 26 heavy (non-hydrogen) atoms. The van der Waals surface area contributed by atoms with Gasteiger partial charge in [-0.25, -0.2) is 4.98 Å². The van der Waals surface area contributed by atoms with Gasteiger partial charge in [-0.05, 0) is 49.8 Å². The first-order chi connectivity index (χ1) is 12.6. The Hall–Kier alpha value is -2.27. The number of hydrogen-bond donors (Lipinski definition) is 1. The normalized spacial score (nSPS) is 17.7. The molecule has 0 bridgehead atoms. The summed E-state index contributed by atoms with van der Waals surface area (Å²) in [5.74, 6) is 0.691. The van der Waals surface area contributed by atoms with Crippen molar-refractivity contribution < 1.29 is 0 Å². The van der Waals surface area contributed by atoms with E-state index in [1.54, 1.807) is 0 Å². The zero-order valence-electron chi connectivity index (χ0n) is 15.6. The number of nitrogens with one attached hydrogen (secondary N) is 1. The molecule has 5 nitrogen and oxygen atoms in total. The van der Waals surface area contributed by atoms with E-state index < -0.39 is 0 Å². The van der Waals surface area contributed by atoms with Crippen molar-refractivity contribution in [3.8, 4) is 0 Å². The van der Waals surface area contributed by atoms with E-state index in [1.165, 1.54) is 16.7 Å². The maximum atomic E-state index is 12.7. The second kappa shape index (κ2) is 7.16. The molecular weight excluding hydrogens is 324 g/mol. The summed E-state index contributed by atoms with van der Waals surface area (Å²) in [5, 5.41) is 0. The van der Waals surface area contributed by atoms with E-state index >= 15 is 0 Å². The second-order valence-corrected chi connectivity index (χ2v) is 7.46. The van der Waals surface area contributed by atoms with E-state index in [4.69, 9.17) is 4.98 Å². The molecule has 2 aromatic rings. The van der Waals surface area contributed by atoms with Gasteiger partial charge in [-0.2, -0.15) is 0 Å². The molecule has 2 aliphatic heterocycles. The molecule has 0 radical (unpaired) electrons. The fourth-order valence-electron chi connectivity index (χ4n) is 3.97. The number of aromatic nitrogens is 2. The Morgan fingerprint density at radius 3 is 2.69 bits per heavy atom. The van der Waals surface area contributed by atoms with Crippen LogP contribution in [0.3, 0.4) is 0 Å². The molecule has 0 saturated heterocycles. The van der Waals surface area contributed by atoms with Crippen molar-refractivity contribution in [3.05, 3.63) is 62.3 Å². The topological polar surface area (TPSA) is 61.4 Å². The second-order valence-electron chi connectivity index (χ2n) is 7.46. The van der Waals surface area contributed by atoms with Gasteiger partial charge in [0.1, 0.15) is 0 Å². The van der Waals surface area contributed by atoms with Gasteiger partial charge < -0.3 is 4.98 Å². The third-order valence-electron chi connectivity index (χ3n) is 5.57. The summed E-state index contributed by atoms with van der Waals surface area (Å²) >= 11 is 0. The number of nitrogens with zero attached hydrogens (tertiary/aromatic N) is 3. The Kier molecular flexibility index (Phi) is 4.72. The number of aliphatic imine (C=N–C) groups is 1. The van der Waals surface area contributed by atoms with Gasteiger partial charge in [-0.1, -0.05) is 18.2 Å². The monoisotopic (exact) mass is 350 g/mol. The van der Waals surface area contributed by atoms with Crippen molar-refractivity contribution >= 4 is 5.71 Å². The average Bonchev–Trinajstić information content (AvgIpc) is 2.66. The minimum Gasteiger partial charge on any atom is -0.305 e. The van der Waals surface area contributed by atoms with Gasteiger partial charge in [0, 0.05) is 32.6 Å². The Morgan fingerprint density at radius 2 is 1.96 bits per heavy atom. The predicted molar refractivity (Wildman–Crippen MR) is 104 cm³/mol. The summed E-state index contributed by atoms with van der Waals surface area (Å²) in [6.07, 6.45) is 4.00. The van der Waals surface area contributed by atoms with Crippen LogP contribution in [0.25, 0.3) is 0 Å². The lowest BCUT2D eigenvalue weighted by molar-refractivity contribution is 0.240. The zero-order chi connectivity index (χ0) is 18.1. The first-order valence-corrected chi connectivity index (χ1v) is 9.55. The van der Waals surface area contributed by atoms with Crippen molar-refractivity contribution in [1.82, 2.24) is 14.9 Å². The van der Waals surface area contributed by atoms with Gasteiger partial charge in [0.25, 0.3) is 5.56 Å². The van der Waals surface area contributed by atoms with Gasteiger partial charge in [-0.3, -0.25) is 14.7 Å². The van der Waals surface area contributed by atoms with Crippen LogP contribution in [0, 0.1) is 13.8 Å². The van der Waals surface area contributed by atoms with Crippen LogP contribution in [0.4, 0.5) is 0 Å². The third-order valence-corrected chi connectivity index (χ3v) is 5.57. The van der Waals surface area contributed by atoms with E-state index in [-0.39, 0.29) is 5.56 Å². The summed E-state index contributed by atoms with van der Waals surface area (Å²) in [6, 6.07) is 6.42. The molecule has 0 spiro atoms. The first kappa shape index (κ1) is 17.2. The minimum absolute atomic E-state index is 0.00415. The standard InChI is InChI=1S/C21H26N4O/c1-14-6-5-7-15(2)16(14)12-25-11-9-18-17(13-25)21(26)24-20(23-18)19-8-3-4-10-22-19/h5-7H,3-4,8-13H2,1-2H3,(H,23,24,26). The smallest absolute Gasteiger partial charge is 0.255 e. The van der Waals surface area contributed by atoms with Crippen LogP contribution in [0.5, 0.6) is 0 Å². The Balaban J connectivity index is 1.58. The predicted octanol–water partition coefficient (Wildman–Crippen LogP) is 2.92. The number of hydrogen-bond acceptors (Lipinski definition) is 4. The lowest BCUT2D eigenvalue weighted by Crippen LogP contribution is -2.36. The van der Waals surface area contributed by atoms with Crippen LogP contribution in [0.15, 0.2) is 28.0 Å². The molecule has 0 saturated carbocycles. The summed E-state index contributed by atoms with van der Waals surface area (Å²) in [7, 11) is 0. The highest BCUT2D eigenvalue weighted by molar-refractivity contribution is 5.97. The van der Waals surface area contributed by atoms with Crippen LogP contribution in [0.1, 0.15) is 53.0 Å². The molecule has 0 unspecified atom stereocenters. The van der Waals surface area contributed by atoms with Crippen molar-refractivity contribution in [1.29, 1.82) is 0 Å². The lowest BCUT2D eigenvalue weighted by Gasteiger charge is -2.29. The molecular formula is C21H26N4O. The summed E-state index contributed by atoms with van der Waals surface area (Å²) in [4.78, 5) is 27.3. The van der Waals surface area contributed by atoms with Gasteiger partial charge >= 0.3 is 0 Å². The number of fused-ring (bicyclic) bond motifs is 1. The van der Waals surface area contributed by atoms with Gasteiger partial charge in [0.2, 0.25) is 0 Å². The minimum atomic E-state index is 0.00415. The number of rotatable bonds is 3. The van der Waals surface area contributed by atoms with E-state index in [2.05, 4.69) is 46.9 Å². The van der Waals surface area contributed by atoms with Crippen LogP contribution < -0.4 is 5.56 Å². The summed E-state index contributed by atoms with van der Waals surface area (Å²) < 4.78 is 0. The summed E-state index contributed by atoms with van der Waals surface area (Å²) in [5.41, 5.74) is 6.74. The van der Waals surface area contributed by atoms with E-state index in [0.717, 1.165) is 62.3 Å². The first-order valence-electron chi connectivity index (χ1n) is 9.55. The number of aromatic amines is 1. The Labute approximate surface area is 154 Å². The maximum absolute atomic E-state index is 12.7. The molecule has 1 aromatic carbocycles. The van der Waals surface area contributed by atoms with E-state index in [1.807, 2.05) is 0 Å². The number of aryl methyl sites for hydroxylation is 2. The van der Waals surface area contributed by atoms with Gasteiger partial charge in [0.05, 0.1) is 17.0 Å². The van der Waals surface area contributed by atoms with E-state index in [9.17, 15) is 4.79 Å². The van der Waals surface area contributed by atoms with Crippen molar-refractivity contribution in [2.75, 3.05) is 13.1 Å². The largest absolute Gasteiger partial charge is 0.305 e. The van der Waals surface area contributed by atoms with Crippen LogP contribution >= 0.6 is 0 Å². The lowest BCUT2D eigenvalue weighted by atomic mass is 10.0. The fourth-order valence-corrected chi connectivity index (χ4v) is 3.97.